The van der Waals surface area contributed by atoms with E-state index in [0.717, 1.165) is 12.0 Å². The summed E-state index contributed by atoms with van der Waals surface area (Å²) in [7, 11) is 0. The predicted octanol–water partition coefficient (Wildman–Crippen LogP) is 6.37. The lowest BCUT2D eigenvalue weighted by Crippen LogP contribution is -1.87. The molecule has 0 aromatic heterocycles. The van der Waals surface area contributed by atoms with E-state index in [1.54, 1.807) is 6.07 Å². The Labute approximate surface area is 136 Å². The van der Waals surface area contributed by atoms with Crippen molar-refractivity contribution in [3.63, 3.8) is 0 Å². The molecule has 0 heterocycles. The maximum atomic E-state index is 9.58. The first-order valence-electron chi connectivity index (χ1n) is 8.61. The number of hydrogen-bond acceptors (Lipinski definition) is 1. The van der Waals surface area contributed by atoms with Crippen LogP contribution in [0.4, 0.5) is 0 Å². The molecular formula is C21H30O. The standard InChI is InChI=1S/C15H24O.C6H6/c1-2-3-4-5-6-7-8-11-14-12-9-10-13-15(14)16;1-2-4-6-5-3-1/h9-10,12-13,16H,2-8,11H2,1H3;1-6H. The zero-order valence-corrected chi connectivity index (χ0v) is 13.9. The van der Waals surface area contributed by atoms with Gasteiger partial charge < -0.3 is 5.11 Å². The van der Waals surface area contributed by atoms with E-state index in [-0.39, 0.29) is 0 Å². The fourth-order valence-electron chi connectivity index (χ4n) is 2.38. The van der Waals surface area contributed by atoms with Crippen LogP contribution in [0, 0.1) is 0 Å². The molecule has 2 rings (SSSR count). The van der Waals surface area contributed by atoms with Gasteiger partial charge in [-0.1, -0.05) is 100 Å². The first-order chi connectivity index (χ1) is 10.8. The molecule has 1 heteroatoms. The number of para-hydroxylation sites is 1. The number of aromatic hydroxyl groups is 1. The van der Waals surface area contributed by atoms with Gasteiger partial charge in [-0.25, -0.2) is 0 Å². The molecule has 0 saturated carbocycles. The van der Waals surface area contributed by atoms with E-state index in [9.17, 15) is 5.11 Å². The van der Waals surface area contributed by atoms with Gasteiger partial charge in [0.15, 0.2) is 0 Å². The highest BCUT2D eigenvalue weighted by Crippen LogP contribution is 2.18. The quantitative estimate of drug-likeness (QED) is 0.561. The minimum absolute atomic E-state index is 0.452. The van der Waals surface area contributed by atoms with Crippen LogP contribution in [0.25, 0.3) is 0 Å². The Morgan fingerprint density at radius 3 is 1.68 bits per heavy atom. The van der Waals surface area contributed by atoms with Crippen LogP contribution in [0.15, 0.2) is 60.7 Å². The number of benzene rings is 2. The van der Waals surface area contributed by atoms with Crippen molar-refractivity contribution in [3.05, 3.63) is 66.2 Å². The largest absolute Gasteiger partial charge is 0.508 e. The minimum Gasteiger partial charge on any atom is -0.508 e. The van der Waals surface area contributed by atoms with E-state index >= 15 is 0 Å². The summed E-state index contributed by atoms with van der Waals surface area (Å²) in [5, 5.41) is 9.58. The highest BCUT2D eigenvalue weighted by Gasteiger charge is 1.98. The van der Waals surface area contributed by atoms with Gasteiger partial charge in [-0.3, -0.25) is 0 Å². The van der Waals surface area contributed by atoms with Crippen LogP contribution < -0.4 is 0 Å². The molecular weight excluding hydrogens is 268 g/mol. The molecule has 0 saturated heterocycles. The van der Waals surface area contributed by atoms with Crippen molar-refractivity contribution in [2.24, 2.45) is 0 Å². The second-order valence-electron chi connectivity index (χ2n) is 5.65. The zero-order valence-electron chi connectivity index (χ0n) is 13.9. The number of aryl methyl sites for hydroxylation is 1. The molecule has 2 aromatic rings. The highest BCUT2D eigenvalue weighted by molar-refractivity contribution is 5.31. The molecule has 120 valence electrons. The van der Waals surface area contributed by atoms with Crippen LogP contribution in [-0.2, 0) is 6.42 Å². The van der Waals surface area contributed by atoms with Crippen LogP contribution in [0.3, 0.4) is 0 Å². The van der Waals surface area contributed by atoms with Crippen LogP contribution in [0.1, 0.15) is 57.4 Å². The van der Waals surface area contributed by atoms with Crippen molar-refractivity contribution >= 4 is 0 Å². The summed E-state index contributed by atoms with van der Waals surface area (Å²) in [6.07, 6.45) is 10.3. The number of unbranched alkanes of at least 4 members (excludes halogenated alkanes) is 6. The third kappa shape index (κ3) is 9.23. The molecule has 2 aromatic carbocycles. The fourth-order valence-corrected chi connectivity index (χ4v) is 2.38. The summed E-state index contributed by atoms with van der Waals surface area (Å²) in [6.45, 7) is 2.25. The summed E-state index contributed by atoms with van der Waals surface area (Å²) in [5.74, 6) is 0.452. The predicted molar refractivity (Wildman–Crippen MR) is 96.2 cm³/mol. The van der Waals surface area contributed by atoms with Crippen molar-refractivity contribution < 1.29 is 5.11 Å². The lowest BCUT2D eigenvalue weighted by Gasteiger charge is -2.04. The first kappa shape index (κ1) is 18.3. The average molecular weight is 298 g/mol. The van der Waals surface area contributed by atoms with Gasteiger partial charge in [0.1, 0.15) is 5.75 Å². The molecule has 1 N–H and O–H groups in total. The number of phenols is 1. The van der Waals surface area contributed by atoms with Gasteiger partial charge in [0.2, 0.25) is 0 Å². The Bertz CT molecular complexity index is 438. The summed E-state index contributed by atoms with van der Waals surface area (Å²) >= 11 is 0. The Kier molecular flexibility index (Phi) is 10.8. The maximum Gasteiger partial charge on any atom is 0.118 e. The lowest BCUT2D eigenvalue weighted by atomic mass is 10.0. The number of hydrogen-bond donors (Lipinski definition) is 1. The van der Waals surface area contributed by atoms with Gasteiger partial charge >= 0.3 is 0 Å². The molecule has 0 unspecified atom stereocenters. The molecule has 0 aliphatic rings. The number of rotatable bonds is 8. The molecule has 1 nitrogen and oxygen atoms in total. The summed E-state index contributed by atoms with van der Waals surface area (Å²) < 4.78 is 0. The van der Waals surface area contributed by atoms with Crippen molar-refractivity contribution in [1.82, 2.24) is 0 Å². The topological polar surface area (TPSA) is 20.2 Å². The van der Waals surface area contributed by atoms with Crippen LogP contribution >= 0.6 is 0 Å². The van der Waals surface area contributed by atoms with E-state index in [1.807, 2.05) is 54.6 Å². The fraction of sp³-hybridized carbons (Fsp3) is 0.429. The lowest BCUT2D eigenvalue weighted by molar-refractivity contribution is 0.466. The van der Waals surface area contributed by atoms with Crippen molar-refractivity contribution in [1.29, 1.82) is 0 Å². The van der Waals surface area contributed by atoms with Crippen LogP contribution in [0.2, 0.25) is 0 Å². The molecule has 0 aliphatic carbocycles. The Hall–Kier alpha value is -1.76. The van der Waals surface area contributed by atoms with Gasteiger partial charge in [-0.15, -0.1) is 0 Å². The van der Waals surface area contributed by atoms with Crippen molar-refractivity contribution in [2.45, 2.75) is 58.3 Å². The second-order valence-corrected chi connectivity index (χ2v) is 5.65. The molecule has 0 spiro atoms. The molecule has 0 atom stereocenters. The SMILES string of the molecule is CCCCCCCCCc1ccccc1O.c1ccccc1. The zero-order chi connectivity index (χ0) is 15.9. The third-order valence-corrected chi connectivity index (χ3v) is 3.71. The third-order valence-electron chi connectivity index (χ3n) is 3.71. The van der Waals surface area contributed by atoms with Crippen LogP contribution in [-0.4, -0.2) is 5.11 Å². The summed E-state index contributed by atoms with van der Waals surface area (Å²) in [5.41, 5.74) is 1.09. The van der Waals surface area contributed by atoms with E-state index < -0.39 is 0 Å². The Morgan fingerprint density at radius 1 is 0.636 bits per heavy atom. The molecule has 0 amide bonds. The van der Waals surface area contributed by atoms with Crippen molar-refractivity contribution in [3.8, 4) is 5.75 Å². The summed E-state index contributed by atoms with van der Waals surface area (Å²) in [6, 6.07) is 19.7. The first-order valence-corrected chi connectivity index (χ1v) is 8.61. The van der Waals surface area contributed by atoms with Gasteiger partial charge in [0.05, 0.1) is 0 Å². The molecule has 22 heavy (non-hydrogen) atoms. The van der Waals surface area contributed by atoms with Gasteiger partial charge in [0.25, 0.3) is 0 Å². The van der Waals surface area contributed by atoms with Crippen LogP contribution in [0.5, 0.6) is 5.75 Å². The summed E-state index contributed by atoms with van der Waals surface area (Å²) in [4.78, 5) is 0. The van der Waals surface area contributed by atoms with Gasteiger partial charge in [0, 0.05) is 0 Å². The van der Waals surface area contributed by atoms with E-state index in [2.05, 4.69) is 6.92 Å². The minimum atomic E-state index is 0.452. The molecule has 0 fully saturated rings. The van der Waals surface area contributed by atoms with E-state index in [0.29, 0.717) is 5.75 Å². The second kappa shape index (κ2) is 12.9. The van der Waals surface area contributed by atoms with E-state index in [4.69, 9.17) is 0 Å². The normalized spacial score (nSPS) is 9.86. The monoisotopic (exact) mass is 298 g/mol. The molecule has 0 radical (unpaired) electrons. The van der Waals surface area contributed by atoms with Crippen molar-refractivity contribution in [2.75, 3.05) is 0 Å². The molecule has 0 bridgehead atoms. The Morgan fingerprint density at radius 2 is 1.14 bits per heavy atom. The average Bonchev–Trinajstić information content (AvgIpc) is 2.58. The van der Waals surface area contributed by atoms with Gasteiger partial charge in [-0.2, -0.15) is 0 Å². The smallest absolute Gasteiger partial charge is 0.118 e. The Balaban J connectivity index is 0.000000335. The highest BCUT2D eigenvalue weighted by atomic mass is 16.3. The van der Waals surface area contributed by atoms with Gasteiger partial charge in [-0.05, 0) is 24.5 Å². The van der Waals surface area contributed by atoms with E-state index in [1.165, 1.54) is 44.9 Å². The number of phenolic OH excluding ortho intramolecular Hbond substituents is 1. The molecule has 0 aliphatic heterocycles. The maximum absolute atomic E-state index is 9.58.